The number of aryl methyl sites for hydroxylation is 1. The Morgan fingerprint density at radius 2 is 1.83 bits per heavy atom. The van der Waals surface area contributed by atoms with E-state index in [2.05, 4.69) is 23.0 Å². The van der Waals surface area contributed by atoms with Gasteiger partial charge in [-0.3, -0.25) is 4.79 Å². The molecule has 23 heavy (non-hydrogen) atoms. The van der Waals surface area contributed by atoms with Gasteiger partial charge in [0.1, 0.15) is 0 Å². The van der Waals surface area contributed by atoms with Crippen LogP contribution in [0.5, 0.6) is 0 Å². The fraction of sp³-hybridized carbons (Fsp3) is 0.381. The summed E-state index contributed by atoms with van der Waals surface area (Å²) in [6.07, 6.45) is 12.9. The number of ketones is 1. The predicted molar refractivity (Wildman–Crippen MR) is 93.5 cm³/mol. The van der Waals surface area contributed by atoms with Crippen molar-refractivity contribution in [3.05, 3.63) is 59.4 Å². The van der Waals surface area contributed by atoms with Crippen molar-refractivity contribution in [1.29, 1.82) is 0 Å². The van der Waals surface area contributed by atoms with E-state index < -0.39 is 0 Å². The molecule has 0 saturated heterocycles. The highest BCUT2D eigenvalue weighted by Crippen LogP contribution is 2.38. The summed E-state index contributed by atoms with van der Waals surface area (Å²) in [5, 5.41) is 0. The Labute approximate surface area is 138 Å². The van der Waals surface area contributed by atoms with Crippen molar-refractivity contribution in [3.8, 4) is 12.3 Å². The molecule has 0 amide bonds. The van der Waals surface area contributed by atoms with Gasteiger partial charge in [-0.1, -0.05) is 55.5 Å². The normalized spacial score (nSPS) is 16.7. The van der Waals surface area contributed by atoms with Crippen LogP contribution in [0.2, 0.25) is 0 Å². The van der Waals surface area contributed by atoms with Gasteiger partial charge in [-0.15, -0.1) is 6.42 Å². The molecule has 1 aliphatic rings. The van der Waals surface area contributed by atoms with E-state index in [9.17, 15) is 4.79 Å². The fourth-order valence-electron chi connectivity index (χ4n) is 3.53. The molecule has 0 bridgehead atoms. The number of terminal acetylenes is 1. The summed E-state index contributed by atoms with van der Waals surface area (Å²) in [7, 11) is 0. The van der Waals surface area contributed by atoms with Crippen LogP contribution in [-0.4, -0.2) is 10.8 Å². The Morgan fingerprint density at radius 1 is 1.09 bits per heavy atom. The zero-order valence-corrected chi connectivity index (χ0v) is 13.5. The van der Waals surface area contributed by atoms with Gasteiger partial charge in [-0.25, -0.2) is 0 Å². The third-order valence-electron chi connectivity index (χ3n) is 4.96. The topological polar surface area (TPSA) is 32.9 Å². The number of carbonyl (C=O) groups is 1. The van der Waals surface area contributed by atoms with Gasteiger partial charge in [0, 0.05) is 23.4 Å². The molecule has 1 aromatic carbocycles. The molecule has 2 heteroatoms. The molecule has 2 aromatic rings. The van der Waals surface area contributed by atoms with Crippen molar-refractivity contribution in [2.24, 2.45) is 0 Å². The van der Waals surface area contributed by atoms with Crippen LogP contribution < -0.4 is 0 Å². The molecule has 1 aliphatic carbocycles. The van der Waals surface area contributed by atoms with Crippen molar-refractivity contribution in [1.82, 2.24) is 4.98 Å². The average Bonchev–Trinajstić information content (AvgIpc) is 3.10. The van der Waals surface area contributed by atoms with Crippen LogP contribution in [-0.2, 0) is 11.8 Å². The number of hydrogen-bond acceptors (Lipinski definition) is 1. The lowest BCUT2D eigenvalue weighted by Crippen LogP contribution is -2.27. The number of benzene rings is 1. The van der Waals surface area contributed by atoms with E-state index in [-0.39, 0.29) is 11.2 Å². The van der Waals surface area contributed by atoms with Crippen molar-refractivity contribution in [2.45, 2.75) is 50.4 Å². The second kappa shape index (κ2) is 6.87. The maximum atomic E-state index is 12.2. The number of aromatic amines is 1. The molecule has 2 nitrogen and oxygen atoms in total. The molecule has 1 N–H and O–H groups in total. The lowest BCUT2D eigenvalue weighted by Gasteiger charge is -2.31. The highest BCUT2D eigenvalue weighted by molar-refractivity contribution is 5.96. The number of rotatable bonds is 5. The van der Waals surface area contributed by atoms with Crippen molar-refractivity contribution < 1.29 is 4.79 Å². The van der Waals surface area contributed by atoms with E-state index in [1.54, 1.807) is 0 Å². The van der Waals surface area contributed by atoms with Crippen molar-refractivity contribution >= 4 is 5.78 Å². The van der Waals surface area contributed by atoms with Gasteiger partial charge >= 0.3 is 0 Å². The first kappa shape index (κ1) is 15.6. The molecule has 0 aliphatic heterocycles. The Bertz CT molecular complexity index is 699. The van der Waals surface area contributed by atoms with E-state index in [4.69, 9.17) is 6.42 Å². The number of H-pyrrole nitrogens is 1. The highest BCUT2D eigenvalue weighted by atomic mass is 16.1. The van der Waals surface area contributed by atoms with Gasteiger partial charge in [0.2, 0.25) is 0 Å². The van der Waals surface area contributed by atoms with Crippen LogP contribution in [0.4, 0.5) is 0 Å². The minimum atomic E-state index is -0.125. The molecule has 0 atom stereocenters. The number of carbonyl (C=O) groups excluding carboxylic acids is 1. The fourth-order valence-corrected chi connectivity index (χ4v) is 3.53. The molecule has 1 fully saturated rings. The van der Waals surface area contributed by atoms with E-state index in [0.29, 0.717) is 6.42 Å². The van der Waals surface area contributed by atoms with E-state index >= 15 is 0 Å². The summed E-state index contributed by atoms with van der Waals surface area (Å²) in [6.45, 7) is 0. The Balaban J connectivity index is 1.66. The first-order valence-corrected chi connectivity index (χ1v) is 8.48. The molecule has 1 saturated carbocycles. The largest absolute Gasteiger partial charge is 0.361 e. The minimum absolute atomic E-state index is 0.125. The maximum Gasteiger partial charge on any atom is 0.163 e. The Kier molecular flexibility index (Phi) is 4.67. The highest BCUT2D eigenvalue weighted by Gasteiger charge is 2.33. The van der Waals surface area contributed by atoms with Crippen LogP contribution in [0.1, 0.15) is 60.3 Å². The molecule has 1 aromatic heterocycles. The smallest absolute Gasteiger partial charge is 0.163 e. The van der Waals surface area contributed by atoms with Crippen molar-refractivity contribution in [2.75, 3.05) is 0 Å². The number of hydrogen-bond donors (Lipinski definition) is 1. The summed E-state index contributed by atoms with van der Waals surface area (Å²) >= 11 is 0. The van der Waals surface area contributed by atoms with Gasteiger partial charge < -0.3 is 4.98 Å². The van der Waals surface area contributed by atoms with Crippen LogP contribution in [0.25, 0.3) is 0 Å². The third kappa shape index (κ3) is 3.40. The second-order valence-corrected chi connectivity index (χ2v) is 6.47. The summed E-state index contributed by atoms with van der Waals surface area (Å²) in [6, 6.07) is 13.7. The van der Waals surface area contributed by atoms with Crippen molar-refractivity contribution in [3.63, 3.8) is 0 Å². The minimum Gasteiger partial charge on any atom is -0.361 e. The molecule has 3 rings (SSSR count). The van der Waals surface area contributed by atoms with Crippen LogP contribution in [0.15, 0.2) is 42.5 Å². The Hall–Kier alpha value is -2.27. The maximum absolute atomic E-state index is 12.2. The molecule has 0 radical (unpaired) electrons. The summed E-state index contributed by atoms with van der Waals surface area (Å²) in [5.74, 6) is 3.23. The quantitative estimate of drug-likeness (QED) is 0.632. The first-order valence-electron chi connectivity index (χ1n) is 8.48. The summed E-state index contributed by atoms with van der Waals surface area (Å²) in [5.41, 5.74) is 2.91. The molecule has 118 valence electrons. The van der Waals surface area contributed by atoms with E-state index in [1.165, 1.54) is 19.3 Å². The number of nitrogens with one attached hydrogen (secondary N) is 1. The summed E-state index contributed by atoms with van der Waals surface area (Å²) in [4.78, 5) is 15.7. The van der Waals surface area contributed by atoms with Gasteiger partial charge in [-0.2, -0.15) is 0 Å². The van der Waals surface area contributed by atoms with Gasteiger partial charge in [-0.05, 0) is 31.4 Å². The molecule has 0 unspecified atom stereocenters. The van der Waals surface area contributed by atoms with Crippen LogP contribution in [0, 0.1) is 12.3 Å². The van der Waals surface area contributed by atoms with Gasteiger partial charge in [0.25, 0.3) is 0 Å². The standard InChI is InChI=1S/C21H23NO/c1-2-21(15-7-4-8-16-21)20-14-12-18(22-20)11-13-19(23)17-9-5-3-6-10-17/h1,3,5-6,9-10,12,14,22H,4,7-8,11,13,15-16H2. The van der Waals surface area contributed by atoms with Crippen LogP contribution >= 0.6 is 0 Å². The second-order valence-electron chi connectivity index (χ2n) is 6.47. The SMILES string of the molecule is C#CC1(c2ccc(CCC(=O)c3ccccc3)[nH]2)CCCCC1. The molecular formula is C21H23NO. The third-order valence-corrected chi connectivity index (χ3v) is 4.96. The van der Waals surface area contributed by atoms with Gasteiger partial charge in [0.15, 0.2) is 5.78 Å². The number of aromatic nitrogens is 1. The zero-order chi connectivity index (χ0) is 16.1. The average molecular weight is 305 g/mol. The predicted octanol–water partition coefficient (Wildman–Crippen LogP) is 4.67. The molecule has 0 spiro atoms. The lowest BCUT2D eigenvalue weighted by molar-refractivity contribution is 0.0982. The lowest BCUT2D eigenvalue weighted by atomic mass is 9.72. The van der Waals surface area contributed by atoms with E-state index in [1.807, 2.05) is 30.3 Å². The zero-order valence-electron chi connectivity index (χ0n) is 13.5. The first-order chi connectivity index (χ1) is 11.2. The summed E-state index contributed by atoms with van der Waals surface area (Å²) < 4.78 is 0. The Morgan fingerprint density at radius 3 is 2.52 bits per heavy atom. The molecule has 1 heterocycles. The van der Waals surface area contributed by atoms with E-state index in [0.717, 1.165) is 36.2 Å². The monoisotopic (exact) mass is 305 g/mol. The number of Topliss-reactive ketones (excluding diaryl/α,β-unsaturated/α-hetero) is 1. The molecular weight excluding hydrogens is 282 g/mol. The van der Waals surface area contributed by atoms with Crippen LogP contribution in [0.3, 0.4) is 0 Å². The van der Waals surface area contributed by atoms with Gasteiger partial charge in [0.05, 0.1) is 5.41 Å².